The summed E-state index contributed by atoms with van der Waals surface area (Å²) in [4.78, 5) is 0. The molecule has 0 aliphatic carbocycles. The monoisotopic (exact) mass is 274 g/mol. The van der Waals surface area contributed by atoms with Gasteiger partial charge in [-0.1, -0.05) is 44.0 Å². The first kappa shape index (κ1) is 17.0. The Labute approximate surface area is 109 Å². The third-order valence-electron chi connectivity index (χ3n) is 1.79. The Morgan fingerprint density at radius 1 is 1.00 bits per heavy atom. The van der Waals surface area contributed by atoms with Crippen molar-refractivity contribution in [2.75, 3.05) is 0 Å². The van der Waals surface area contributed by atoms with Crippen LogP contribution < -0.4 is 0 Å². The lowest BCUT2D eigenvalue weighted by Gasteiger charge is -2.10. The highest BCUT2D eigenvalue weighted by Crippen LogP contribution is 2.25. The predicted octanol–water partition coefficient (Wildman–Crippen LogP) is 5.13. The Hall–Kier alpha value is -2.04. The maximum absolute atomic E-state index is 13.3. The van der Waals surface area contributed by atoms with Crippen molar-refractivity contribution in [3.63, 3.8) is 0 Å². The van der Waals surface area contributed by atoms with Gasteiger partial charge in [0.1, 0.15) is 0 Å². The second-order valence-corrected chi connectivity index (χ2v) is 3.69. The zero-order valence-corrected chi connectivity index (χ0v) is 10.5. The summed E-state index contributed by atoms with van der Waals surface area (Å²) < 4.78 is 52.2. The lowest BCUT2D eigenvalue weighted by atomic mass is 10.1. The van der Waals surface area contributed by atoms with Crippen LogP contribution in [0.2, 0.25) is 0 Å². The van der Waals surface area contributed by atoms with Gasteiger partial charge in [0.05, 0.1) is 0 Å². The van der Waals surface area contributed by atoms with E-state index in [1.807, 2.05) is 0 Å². The Kier molecular flexibility index (Phi) is 6.05. The van der Waals surface area contributed by atoms with E-state index in [1.54, 1.807) is 13.0 Å². The number of hydrogen-bond donors (Lipinski definition) is 0. The van der Waals surface area contributed by atoms with E-state index in [1.165, 1.54) is 6.08 Å². The van der Waals surface area contributed by atoms with Crippen LogP contribution in [0.4, 0.5) is 17.6 Å². The molecule has 0 aromatic heterocycles. The molecule has 0 aromatic carbocycles. The second kappa shape index (κ2) is 6.78. The van der Waals surface area contributed by atoms with Gasteiger partial charge < -0.3 is 4.74 Å². The average molecular weight is 274 g/mol. The molecule has 0 amide bonds. The average Bonchev–Trinajstić information content (AvgIpc) is 2.23. The van der Waals surface area contributed by atoms with Gasteiger partial charge in [-0.3, -0.25) is 0 Å². The fourth-order valence-electron chi connectivity index (χ4n) is 0.864. The molecule has 0 aliphatic rings. The maximum Gasteiger partial charge on any atom is 0.573 e. The highest BCUT2D eigenvalue weighted by atomic mass is 19.4. The molecule has 0 spiro atoms. The van der Waals surface area contributed by atoms with Gasteiger partial charge in [0.2, 0.25) is 0 Å². The zero-order valence-electron chi connectivity index (χ0n) is 10.5. The van der Waals surface area contributed by atoms with Crippen LogP contribution in [0.5, 0.6) is 0 Å². The topological polar surface area (TPSA) is 9.23 Å². The van der Waals surface area contributed by atoms with Gasteiger partial charge in [0.15, 0.2) is 11.6 Å². The summed E-state index contributed by atoms with van der Waals surface area (Å²) in [7, 11) is 0. The van der Waals surface area contributed by atoms with Gasteiger partial charge in [0.25, 0.3) is 0 Å². The van der Waals surface area contributed by atoms with Crippen molar-refractivity contribution in [2.45, 2.75) is 13.3 Å². The molecule has 0 unspecified atom stereocenters. The van der Waals surface area contributed by atoms with E-state index in [9.17, 15) is 17.6 Å². The molecule has 1 nitrogen and oxygen atoms in total. The summed E-state index contributed by atoms with van der Waals surface area (Å²) in [6.45, 7) is 15.2. The summed E-state index contributed by atoms with van der Waals surface area (Å²) in [6, 6.07) is 0. The van der Waals surface area contributed by atoms with Crippen molar-refractivity contribution in [2.24, 2.45) is 0 Å². The summed E-state index contributed by atoms with van der Waals surface area (Å²) >= 11 is 0. The largest absolute Gasteiger partial charge is 0.573 e. The minimum absolute atomic E-state index is 0.0990. The maximum atomic E-state index is 13.3. The van der Waals surface area contributed by atoms with Gasteiger partial charge in [-0.05, 0) is 24.1 Å². The van der Waals surface area contributed by atoms with E-state index in [-0.39, 0.29) is 5.57 Å². The van der Waals surface area contributed by atoms with Crippen LogP contribution in [0.1, 0.15) is 6.92 Å². The smallest absolute Gasteiger partial charge is 0.403 e. The molecule has 0 heterocycles. The Balaban J connectivity index is 4.76. The van der Waals surface area contributed by atoms with Crippen LogP contribution in [-0.2, 0) is 4.74 Å². The predicted molar refractivity (Wildman–Crippen MR) is 67.7 cm³/mol. The lowest BCUT2D eigenvalue weighted by Crippen LogP contribution is -2.12. The molecule has 0 saturated carbocycles. The number of alkyl halides is 3. The molecule has 0 fully saturated rings. The van der Waals surface area contributed by atoms with E-state index in [0.29, 0.717) is 5.57 Å². The molecule has 0 atom stereocenters. The Morgan fingerprint density at radius 2 is 1.53 bits per heavy atom. The zero-order chi connectivity index (χ0) is 15.2. The van der Waals surface area contributed by atoms with Crippen LogP contribution in [0.25, 0.3) is 0 Å². The molecule has 0 saturated heterocycles. The van der Waals surface area contributed by atoms with Crippen molar-refractivity contribution >= 4 is 0 Å². The Bertz CT molecular complexity index is 464. The van der Waals surface area contributed by atoms with Gasteiger partial charge in [-0.2, -0.15) is 0 Å². The molecule has 0 bridgehead atoms. The van der Waals surface area contributed by atoms with Crippen molar-refractivity contribution < 1.29 is 22.3 Å². The van der Waals surface area contributed by atoms with Crippen LogP contribution in [0.15, 0.2) is 72.8 Å². The summed E-state index contributed by atoms with van der Waals surface area (Å²) in [6.07, 6.45) is -1.10. The first-order chi connectivity index (χ1) is 8.53. The van der Waals surface area contributed by atoms with Gasteiger partial charge >= 0.3 is 6.36 Å². The minimum Gasteiger partial charge on any atom is -0.403 e. The van der Waals surface area contributed by atoms with Gasteiger partial charge in [-0.25, -0.2) is 4.39 Å². The third-order valence-corrected chi connectivity index (χ3v) is 1.79. The van der Waals surface area contributed by atoms with E-state index in [4.69, 9.17) is 0 Å². The standard InChI is InChI=1S/C14H14F4O/c1-9(2)6-7-10(3)11(4)8-13(15)12(5)19-14(16,17)18/h6-8H,1,3-5H2,2H3/b7-6-,13-8+. The fourth-order valence-corrected chi connectivity index (χ4v) is 0.864. The van der Waals surface area contributed by atoms with Crippen LogP contribution in [-0.4, -0.2) is 6.36 Å². The first-order valence-electron chi connectivity index (χ1n) is 5.07. The first-order valence-corrected chi connectivity index (χ1v) is 5.07. The van der Waals surface area contributed by atoms with Crippen LogP contribution in [0.3, 0.4) is 0 Å². The summed E-state index contributed by atoms with van der Waals surface area (Å²) in [5, 5.41) is 0. The number of halogens is 4. The second-order valence-electron chi connectivity index (χ2n) is 3.69. The highest BCUT2D eigenvalue weighted by Gasteiger charge is 2.32. The lowest BCUT2D eigenvalue weighted by molar-refractivity contribution is -0.304. The van der Waals surface area contributed by atoms with Gasteiger partial charge in [-0.15, -0.1) is 13.2 Å². The molecule has 19 heavy (non-hydrogen) atoms. The van der Waals surface area contributed by atoms with Crippen LogP contribution >= 0.6 is 0 Å². The van der Waals surface area contributed by atoms with E-state index >= 15 is 0 Å². The van der Waals surface area contributed by atoms with Crippen molar-refractivity contribution in [1.82, 2.24) is 0 Å². The summed E-state index contributed by atoms with van der Waals surface area (Å²) in [5.41, 5.74) is 1.17. The van der Waals surface area contributed by atoms with E-state index in [2.05, 4.69) is 31.1 Å². The fraction of sp³-hybridized carbons (Fsp3) is 0.143. The molecule has 5 heteroatoms. The minimum atomic E-state index is -4.99. The van der Waals surface area contributed by atoms with Gasteiger partial charge in [0, 0.05) is 0 Å². The molecule has 0 radical (unpaired) electrons. The van der Waals surface area contributed by atoms with Crippen molar-refractivity contribution in [3.05, 3.63) is 72.8 Å². The van der Waals surface area contributed by atoms with E-state index in [0.717, 1.165) is 11.6 Å². The number of rotatable bonds is 6. The molecular formula is C14H14F4O. The van der Waals surface area contributed by atoms with E-state index < -0.39 is 17.9 Å². The quantitative estimate of drug-likeness (QED) is 0.370. The molecule has 0 aromatic rings. The molecule has 0 rings (SSSR count). The molecule has 0 aliphatic heterocycles. The Morgan fingerprint density at radius 3 is 1.95 bits per heavy atom. The third kappa shape index (κ3) is 7.81. The molecular weight excluding hydrogens is 260 g/mol. The van der Waals surface area contributed by atoms with Crippen LogP contribution in [0, 0.1) is 0 Å². The van der Waals surface area contributed by atoms with Crippen molar-refractivity contribution in [3.8, 4) is 0 Å². The number of ether oxygens (including phenoxy) is 1. The summed E-state index contributed by atoms with van der Waals surface area (Å²) in [5.74, 6) is -2.41. The van der Waals surface area contributed by atoms with Crippen molar-refractivity contribution in [1.29, 1.82) is 0 Å². The highest BCUT2D eigenvalue weighted by molar-refractivity contribution is 5.46. The number of allylic oxidation sites excluding steroid dienone is 7. The molecule has 0 N–H and O–H groups in total. The number of hydrogen-bond acceptors (Lipinski definition) is 1. The normalized spacial score (nSPS) is 12.4. The SMILES string of the molecule is C=C(C)/C=C\C(=C)C(=C)/C=C(/F)C(=C)OC(F)(F)F. The molecule has 104 valence electrons.